The van der Waals surface area contributed by atoms with E-state index in [2.05, 4.69) is 36.3 Å². The molecule has 0 fully saturated rings. The number of aromatic hydroxyl groups is 1. The quantitative estimate of drug-likeness (QED) is 0.313. The first-order chi connectivity index (χ1) is 16.6. The normalized spacial score (nSPS) is 14.4. The predicted octanol–water partition coefficient (Wildman–Crippen LogP) is 3.04. The molecule has 0 saturated carbocycles. The SMILES string of the molecule is CCS(=O)(=O)O.CCc1cc2c(cc1CC)CC(NC[C@H](O)c1ccc(O)c3[nH]c(=O)ccc13)C2. The molecular formula is C26H34N2O6S. The molecule has 35 heavy (non-hydrogen) atoms. The molecule has 1 aromatic heterocycles. The summed E-state index contributed by atoms with van der Waals surface area (Å²) in [6.45, 7) is 6.20. The van der Waals surface area contributed by atoms with Crippen LogP contribution in [0.2, 0.25) is 0 Å². The smallest absolute Gasteiger partial charge is 0.264 e. The Morgan fingerprint density at radius 1 is 1.03 bits per heavy atom. The van der Waals surface area contributed by atoms with Crippen molar-refractivity contribution in [3.05, 3.63) is 74.6 Å². The molecule has 2 aromatic carbocycles. The van der Waals surface area contributed by atoms with E-state index in [1.54, 1.807) is 12.1 Å². The number of aliphatic hydroxyl groups is 1. The van der Waals surface area contributed by atoms with E-state index in [4.69, 9.17) is 4.55 Å². The number of rotatable bonds is 7. The molecule has 9 heteroatoms. The number of hydrogen-bond acceptors (Lipinski definition) is 6. The molecule has 1 heterocycles. The second kappa shape index (κ2) is 11.3. The molecule has 1 atom stereocenters. The summed E-state index contributed by atoms with van der Waals surface area (Å²) in [7, 11) is -3.66. The third-order valence-corrected chi connectivity index (χ3v) is 7.18. The molecule has 190 valence electrons. The maximum absolute atomic E-state index is 11.6. The Kier molecular flexibility index (Phi) is 8.71. The Morgan fingerprint density at radius 3 is 2.11 bits per heavy atom. The fraction of sp³-hybridized carbons (Fsp3) is 0.423. The Morgan fingerprint density at radius 2 is 1.60 bits per heavy atom. The second-order valence-corrected chi connectivity index (χ2v) is 10.5. The molecule has 1 aliphatic rings. The van der Waals surface area contributed by atoms with Crippen LogP contribution >= 0.6 is 0 Å². The largest absolute Gasteiger partial charge is 0.506 e. The first-order valence-electron chi connectivity index (χ1n) is 11.9. The zero-order valence-corrected chi connectivity index (χ0v) is 21.2. The molecule has 0 spiro atoms. The number of aromatic amines is 1. The van der Waals surface area contributed by atoms with Crippen molar-refractivity contribution < 1.29 is 23.2 Å². The number of hydrogen-bond donors (Lipinski definition) is 5. The fourth-order valence-corrected chi connectivity index (χ4v) is 4.51. The van der Waals surface area contributed by atoms with Crippen molar-refractivity contribution >= 4 is 21.0 Å². The van der Waals surface area contributed by atoms with Gasteiger partial charge in [-0.1, -0.05) is 32.0 Å². The van der Waals surface area contributed by atoms with Gasteiger partial charge in [0.05, 0.1) is 17.4 Å². The molecule has 0 unspecified atom stereocenters. The van der Waals surface area contributed by atoms with Crippen LogP contribution in [0.4, 0.5) is 0 Å². The number of phenols is 1. The van der Waals surface area contributed by atoms with Crippen molar-refractivity contribution in [3.8, 4) is 5.75 Å². The zero-order valence-electron chi connectivity index (χ0n) is 20.3. The van der Waals surface area contributed by atoms with Crippen LogP contribution in [-0.4, -0.2) is 46.5 Å². The molecule has 1 aliphatic carbocycles. The van der Waals surface area contributed by atoms with E-state index in [1.165, 1.54) is 41.3 Å². The molecule has 0 radical (unpaired) electrons. The topological polar surface area (TPSA) is 140 Å². The summed E-state index contributed by atoms with van der Waals surface area (Å²) in [6, 6.07) is 11.3. The van der Waals surface area contributed by atoms with Gasteiger partial charge in [0.1, 0.15) is 5.75 Å². The van der Waals surface area contributed by atoms with Crippen molar-refractivity contribution in [1.29, 1.82) is 0 Å². The number of aromatic nitrogens is 1. The summed E-state index contributed by atoms with van der Waals surface area (Å²) in [4.78, 5) is 14.2. The molecule has 5 N–H and O–H groups in total. The summed E-state index contributed by atoms with van der Waals surface area (Å²) < 4.78 is 26.9. The van der Waals surface area contributed by atoms with Gasteiger partial charge in [0.15, 0.2) is 0 Å². The minimum Gasteiger partial charge on any atom is -0.506 e. The number of aliphatic hydroxyl groups excluding tert-OH is 1. The fourth-order valence-electron chi connectivity index (χ4n) is 4.51. The lowest BCUT2D eigenvalue weighted by atomic mass is 9.97. The minimum absolute atomic E-state index is 0.00584. The Balaban J connectivity index is 0.000000509. The number of aryl methyl sites for hydroxylation is 2. The monoisotopic (exact) mass is 502 g/mol. The Labute approximate surface area is 205 Å². The maximum Gasteiger partial charge on any atom is 0.264 e. The van der Waals surface area contributed by atoms with Crippen LogP contribution in [0.25, 0.3) is 10.9 Å². The summed E-state index contributed by atoms with van der Waals surface area (Å²) in [5.41, 5.74) is 6.49. The van der Waals surface area contributed by atoms with E-state index in [9.17, 15) is 23.4 Å². The Bertz CT molecular complexity index is 1320. The summed E-state index contributed by atoms with van der Waals surface area (Å²) in [5.74, 6) is -0.196. The average Bonchev–Trinajstić information content (AvgIpc) is 3.23. The lowest BCUT2D eigenvalue weighted by molar-refractivity contribution is 0.171. The van der Waals surface area contributed by atoms with Crippen LogP contribution in [0.1, 0.15) is 54.7 Å². The van der Waals surface area contributed by atoms with E-state index >= 15 is 0 Å². The highest BCUT2D eigenvalue weighted by Gasteiger charge is 2.24. The second-order valence-electron chi connectivity index (χ2n) is 8.78. The van der Waals surface area contributed by atoms with Crippen molar-refractivity contribution in [3.63, 3.8) is 0 Å². The highest BCUT2D eigenvalue weighted by molar-refractivity contribution is 7.85. The van der Waals surface area contributed by atoms with E-state index in [0.29, 0.717) is 29.1 Å². The standard InChI is InChI=1S/C24H28N2O3.C2H6O3S/c1-3-14-9-16-11-18(12-17(16)10-15(14)4-2)25-13-22(28)19-5-7-21(27)24-20(19)6-8-23(29)26-24;1-2-6(3,4)5/h5-10,18,22,25,27-28H,3-4,11-13H2,1-2H3,(H,26,29);2H2,1H3,(H,3,4,5)/t22-;/m0./s1. The number of H-pyrrole nitrogens is 1. The minimum atomic E-state index is -3.66. The van der Waals surface area contributed by atoms with Gasteiger partial charge in [-0.15, -0.1) is 0 Å². The molecule has 0 aliphatic heterocycles. The number of nitrogens with one attached hydrogen (secondary N) is 2. The molecule has 3 aromatic rings. The number of pyridine rings is 1. The molecular weight excluding hydrogens is 468 g/mol. The van der Waals surface area contributed by atoms with Crippen molar-refractivity contribution in [2.45, 2.75) is 58.6 Å². The maximum atomic E-state index is 11.6. The Hall–Kier alpha value is -2.72. The van der Waals surface area contributed by atoms with Gasteiger partial charge in [-0.2, -0.15) is 8.42 Å². The lowest BCUT2D eigenvalue weighted by Crippen LogP contribution is -2.33. The lowest BCUT2D eigenvalue weighted by Gasteiger charge is -2.18. The van der Waals surface area contributed by atoms with Gasteiger partial charge < -0.3 is 20.5 Å². The van der Waals surface area contributed by atoms with Crippen LogP contribution in [0.3, 0.4) is 0 Å². The van der Waals surface area contributed by atoms with Crippen molar-refractivity contribution in [1.82, 2.24) is 10.3 Å². The van der Waals surface area contributed by atoms with Crippen LogP contribution < -0.4 is 10.9 Å². The predicted molar refractivity (Wildman–Crippen MR) is 138 cm³/mol. The summed E-state index contributed by atoms with van der Waals surface area (Å²) in [6.07, 6.45) is 3.34. The van der Waals surface area contributed by atoms with Crippen LogP contribution in [0.5, 0.6) is 5.75 Å². The molecule has 0 amide bonds. The average molecular weight is 503 g/mol. The van der Waals surface area contributed by atoms with Crippen LogP contribution in [0, 0.1) is 0 Å². The van der Waals surface area contributed by atoms with Crippen molar-refractivity contribution in [2.24, 2.45) is 0 Å². The third-order valence-electron chi connectivity index (χ3n) is 6.45. The van der Waals surface area contributed by atoms with Crippen molar-refractivity contribution in [2.75, 3.05) is 12.3 Å². The first kappa shape index (κ1) is 26.9. The van der Waals surface area contributed by atoms with Gasteiger partial charge in [0.25, 0.3) is 10.1 Å². The molecule has 0 bridgehead atoms. The van der Waals surface area contributed by atoms with Gasteiger partial charge in [-0.25, -0.2) is 0 Å². The molecule has 4 rings (SSSR count). The van der Waals surface area contributed by atoms with E-state index < -0.39 is 16.2 Å². The van der Waals surface area contributed by atoms with E-state index in [0.717, 1.165) is 25.7 Å². The first-order valence-corrected chi connectivity index (χ1v) is 13.5. The molecule has 0 saturated heterocycles. The van der Waals surface area contributed by atoms with Gasteiger partial charge in [0.2, 0.25) is 5.56 Å². The van der Waals surface area contributed by atoms with E-state index in [1.807, 2.05) is 0 Å². The van der Waals surface area contributed by atoms with Crippen LogP contribution in [0.15, 0.2) is 41.2 Å². The third kappa shape index (κ3) is 6.70. The number of benzene rings is 2. The van der Waals surface area contributed by atoms with Gasteiger partial charge in [-0.05, 0) is 72.6 Å². The van der Waals surface area contributed by atoms with E-state index in [-0.39, 0.29) is 17.1 Å². The van der Waals surface area contributed by atoms with Gasteiger partial charge in [0, 0.05) is 24.0 Å². The highest BCUT2D eigenvalue weighted by atomic mass is 32.2. The molecule has 8 nitrogen and oxygen atoms in total. The zero-order chi connectivity index (χ0) is 25.8. The number of fused-ring (bicyclic) bond motifs is 2. The summed E-state index contributed by atoms with van der Waals surface area (Å²) >= 11 is 0. The number of phenolic OH excluding ortho intramolecular Hbond substituents is 1. The van der Waals surface area contributed by atoms with Gasteiger partial charge in [-0.3, -0.25) is 9.35 Å². The van der Waals surface area contributed by atoms with Crippen LogP contribution in [-0.2, 0) is 35.8 Å². The summed E-state index contributed by atoms with van der Waals surface area (Å²) in [5, 5.41) is 25.0. The highest BCUT2D eigenvalue weighted by Crippen LogP contribution is 2.30. The van der Waals surface area contributed by atoms with Gasteiger partial charge >= 0.3 is 0 Å².